The van der Waals surface area contributed by atoms with Crippen LogP contribution >= 0.6 is 0 Å². The van der Waals surface area contributed by atoms with Crippen molar-refractivity contribution >= 4 is 0 Å². The van der Waals surface area contributed by atoms with Crippen molar-refractivity contribution in [3.63, 3.8) is 0 Å². The van der Waals surface area contributed by atoms with E-state index in [2.05, 4.69) is 18.9 Å². The standard InChI is InChI=1S/C7H14N2/c1-4-7(5-9-8)6(2)3/h5,9H,2,4,8H2,1,3H3. The van der Waals surface area contributed by atoms with Crippen LogP contribution in [0.4, 0.5) is 0 Å². The molecule has 0 saturated heterocycles. The molecule has 0 aliphatic carbocycles. The molecular weight excluding hydrogens is 112 g/mol. The molecule has 0 atom stereocenters. The van der Waals surface area contributed by atoms with Crippen LogP contribution in [-0.4, -0.2) is 0 Å². The van der Waals surface area contributed by atoms with E-state index in [1.165, 1.54) is 0 Å². The second-order valence-corrected chi connectivity index (χ2v) is 1.97. The number of hydrogen-bond donors (Lipinski definition) is 2. The van der Waals surface area contributed by atoms with E-state index in [1.54, 1.807) is 6.20 Å². The third-order valence-corrected chi connectivity index (χ3v) is 1.19. The summed E-state index contributed by atoms with van der Waals surface area (Å²) in [6.07, 6.45) is 2.74. The SMILES string of the molecule is C=C(C)C(=CNN)CC. The van der Waals surface area contributed by atoms with Crippen LogP contribution in [0, 0.1) is 0 Å². The topological polar surface area (TPSA) is 38.0 Å². The summed E-state index contributed by atoms with van der Waals surface area (Å²) in [5.74, 6) is 5.08. The molecule has 0 aromatic heterocycles. The van der Waals surface area contributed by atoms with E-state index in [0.717, 1.165) is 17.6 Å². The highest BCUT2D eigenvalue weighted by atomic mass is 15.2. The molecule has 0 radical (unpaired) electrons. The summed E-state index contributed by atoms with van der Waals surface area (Å²) in [7, 11) is 0. The van der Waals surface area contributed by atoms with Crippen LogP contribution in [0.5, 0.6) is 0 Å². The fraction of sp³-hybridized carbons (Fsp3) is 0.429. The Morgan fingerprint density at radius 3 is 2.44 bits per heavy atom. The zero-order chi connectivity index (χ0) is 7.28. The number of allylic oxidation sites excluding steroid dienone is 2. The highest BCUT2D eigenvalue weighted by Crippen LogP contribution is 2.08. The smallest absolute Gasteiger partial charge is 0.0157 e. The highest BCUT2D eigenvalue weighted by molar-refractivity contribution is 5.24. The molecular formula is C7H14N2. The van der Waals surface area contributed by atoms with Gasteiger partial charge in [0, 0.05) is 6.20 Å². The number of hydrazine groups is 1. The molecule has 52 valence electrons. The number of nitrogens with one attached hydrogen (secondary N) is 1. The summed E-state index contributed by atoms with van der Waals surface area (Å²) in [5.41, 5.74) is 4.71. The van der Waals surface area contributed by atoms with Crippen LogP contribution in [-0.2, 0) is 0 Å². The molecule has 0 aromatic carbocycles. The van der Waals surface area contributed by atoms with E-state index < -0.39 is 0 Å². The van der Waals surface area contributed by atoms with Gasteiger partial charge in [-0.05, 0) is 18.9 Å². The minimum absolute atomic E-state index is 0.972. The van der Waals surface area contributed by atoms with Gasteiger partial charge < -0.3 is 5.43 Å². The van der Waals surface area contributed by atoms with Gasteiger partial charge in [-0.1, -0.05) is 19.1 Å². The number of hydrogen-bond acceptors (Lipinski definition) is 2. The second-order valence-electron chi connectivity index (χ2n) is 1.97. The molecule has 0 aliphatic heterocycles. The van der Waals surface area contributed by atoms with E-state index in [4.69, 9.17) is 5.84 Å². The van der Waals surface area contributed by atoms with Crippen LogP contribution in [0.25, 0.3) is 0 Å². The summed E-state index contributed by atoms with van der Waals surface area (Å²) in [6, 6.07) is 0. The van der Waals surface area contributed by atoms with Crippen LogP contribution < -0.4 is 11.3 Å². The van der Waals surface area contributed by atoms with Crippen LogP contribution in [0.2, 0.25) is 0 Å². The van der Waals surface area contributed by atoms with E-state index in [1.807, 2.05) is 6.92 Å². The first-order valence-corrected chi connectivity index (χ1v) is 3.03. The van der Waals surface area contributed by atoms with Gasteiger partial charge in [0.2, 0.25) is 0 Å². The number of nitrogens with two attached hydrogens (primary N) is 1. The normalized spacial score (nSPS) is 11.2. The van der Waals surface area contributed by atoms with Crippen molar-refractivity contribution in [3.05, 3.63) is 23.9 Å². The van der Waals surface area contributed by atoms with Gasteiger partial charge in [-0.15, -0.1) is 0 Å². The molecule has 2 nitrogen and oxygen atoms in total. The molecule has 0 unspecified atom stereocenters. The Kier molecular flexibility index (Phi) is 3.80. The van der Waals surface area contributed by atoms with E-state index >= 15 is 0 Å². The van der Waals surface area contributed by atoms with Gasteiger partial charge in [-0.2, -0.15) is 0 Å². The minimum atomic E-state index is 0.972. The third kappa shape index (κ3) is 2.93. The lowest BCUT2D eigenvalue weighted by molar-refractivity contribution is 0.933. The van der Waals surface area contributed by atoms with Crippen molar-refractivity contribution in [2.75, 3.05) is 0 Å². The molecule has 0 bridgehead atoms. The molecule has 0 fully saturated rings. The molecule has 0 spiro atoms. The van der Waals surface area contributed by atoms with Crippen LogP contribution in [0.3, 0.4) is 0 Å². The van der Waals surface area contributed by atoms with Gasteiger partial charge in [-0.3, -0.25) is 5.84 Å². The first-order chi connectivity index (χ1) is 4.22. The summed E-state index contributed by atoms with van der Waals surface area (Å²) in [4.78, 5) is 0. The number of rotatable bonds is 3. The van der Waals surface area contributed by atoms with Crippen molar-refractivity contribution in [1.82, 2.24) is 5.43 Å². The third-order valence-electron chi connectivity index (χ3n) is 1.19. The van der Waals surface area contributed by atoms with Gasteiger partial charge in [0.05, 0.1) is 0 Å². The van der Waals surface area contributed by atoms with Crippen molar-refractivity contribution in [1.29, 1.82) is 0 Å². The van der Waals surface area contributed by atoms with E-state index in [9.17, 15) is 0 Å². The average molecular weight is 126 g/mol. The van der Waals surface area contributed by atoms with Gasteiger partial charge >= 0.3 is 0 Å². The first-order valence-electron chi connectivity index (χ1n) is 3.03. The molecule has 0 saturated carbocycles. The summed E-state index contributed by atoms with van der Waals surface area (Å²) in [6.45, 7) is 7.81. The fourth-order valence-electron chi connectivity index (χ4n) is 0.628. The first kappa shape index (κ1) is 8.24. The quantitative estimate of drug-likeness (QED) is 0.340. The zero-order valence-corrected chi connectivity index (χ0v) is 6.07. The average Bonchev–Trinajstić information content (AvgIpc) is 1.82. The maximum Gasteiger partial charge on any atom is 0.0157 e. The van der Waals surface area contributed by atoms with Crippen LogP contribution in [0.15, 0.2) is 23.9 Å². The predicted molar refractivity (Wildman–Crippen MR) is 40.5 cm³/mol. The lowest BCUT2D eigenvalue weighted by atomic mass is 10.1. The second kappa shape index (κ2) is 4.15. The maximum absolute atomic E-state index is 5.08. The van der Waals surface area contributed by atoms with Crippen molar-refractivity contribution < 1.29 is 0 Å². The highest BCUT2D eigenvalue weighted by Gasteiger charge is 1.90. The fourth-order valence-corrected chi connectivity index (χ4v) is 0.628. The Labute approximate surface area is 56.4 Å². The molecule has 0 amide bonds. The van der Waals surface area contributed by atoms with Gasteiger partial charge in [0.25, 0.3) is 0 Å². The lowest BCUT2D eigenvalue weighted by Gasteiger charge is -2.00. The summed E-state index contributed by atoms with van der Waals surface area (Å²) in [5, 5.41) is 0. The van der Waals surface area contributed by atoms with Gasteiger partial charge in [0.1, 0.15) is 0 Å². The monoisotopic (exact) mass is 126 g/mol. The molecule has 0 aromatic rings. The molecule has 9 heavy (non-hydrogen) atoms. The largest absolute Gasteiger partial charge is 0.331 e. The molecule has 0 aliphatic rings. The Bertz CT molecular complexity index is 125. The summed E-state index contributed by atoms with van der Waals surface area (Å²) >= 11 is 0. The van der Waals surface area contributed by atoms with E-state index in [0.29, 0.717) is 0 Å². The lowest BCUT2D eigenvalue weighted by Crippen LogP contribution is -2.14. The van der Waals surface area contributed by atoms with Crippen molar-refractivity contribution in [2.24, 2.45) is 5.84 Å². The maximum atomic E-state index is 5.08. The Morgan fingerprint density at radius 1 is 1.78 bits per heavy atom. The Morgan fingerprint density at radius 2 is 2.33 bits per heavy atom. The van der Waals surface area contributed by atoms with E-state index in [-0.39, 0.29) is 0 Å². The molecule has 0 heterocycles. The van der Waals surface area contributed by atoms with Gasteiger partial charge in [-0.25, -0.2) is 0 Å². The van der Waals surface area contributed by atoms with Gasteiger partial charge in [0.15, 0.2) is 0 Å². The van der Waals surface area contributed by atoms with Crippen LogP contribution in [0.1, 0.15) is 20.3 Å². The summed E-state index contributed by atoms with van der Waals surface area (Å²) < 4.78 is 0. The predicted octanol–water partition coefficient (Wildman–Crippen LogP) is 1.32. The van der Waals surface area contributed by atoms with Crippen molar-refractivity contribution in [2.45, 2.75) is 20.3 Å². The minimum Gasteiger partial charge on any atom is -0.331 e. The zero-order valence-electron chi connectivity index (χ0n) is 6.07. The molecule has 2 heteroatoms. The molecule has 3 N–H and O–H groups in total. The van der Waals surface area contributed by atoms with Crippen molar-refractivity contribution in [3.8, 4) is 0 Å². The Balaban J connectivity index is 3.98. The Hall–Kier alpha value is -0.760. The molecule has 0 rings (SSSR count).